The molecule has 0 spiro atoms. The number of unbranched alkanes of at least 4 members (excludes halogenated alkanes) is 15. The number of hydrogen-bond donors (Lipinski definition) is 0. The van der Waals surface area contributed by atoms with E-state index < -0.39 is 0 Å². The highest BCUT2D eigenvalue weighted by atomic mass is 35.5. The average molecular weight is 558 g/mol. The van der Waals surface area contributed by atoms with E-state index in [0.29, 0.717) is 11.8 Å². The second-order valence-corrected chi connectivity index (χ2v) is 12.6. The third-order valence-corrected chi connectivity index (χ3v) is 8.67. The molecule has 38 heavy (non-hydrogen) atoms. The molecule has 1 rings (SSSR count). The van der Waals surface area contributed by atoms with E-state index in [0.717, 1.165) is 19.4 Å². The van der Waals surface area contributed by atoms with Crippen LogP contribution < -0.4 is 0 Å². The molecule has 4 heteroatoms. The highest BCUT2D eigenvalue weighted by molar-refractivity contribution is 5.85. The van der Waals surface area contributed by atoms with Crippen LogP contribution in [0.25, 0.3) is 0 Å². The SMILES string of the molecule is CCCCCCCCC1CC1OC(=O)C(CCN(C)C)C(CCCCCCCC)CCCCCCCC.Cl. The summed E-state index contributed by atoms with van der Waals surface area (Å²) in [7, 11) is 4.27. The fraction of sp³-hybridized carbons (Fsp3) is 0.971. The molecule has 0 bridgehead atoms. The zero-order valence-electron chi connectivity index (χ0n) is 26.5. The highest BCUT2D eigenvalue weighted by Gasteiger charge is 2.42. The first-order valence-corrected chi connectivity index (χ1v) is 16.9. The topological polar surface area (TPSA) is 29.5 Å². The Morgan fingerprint density at radius 3 is 1.61 bits per heavy atom. The van der Waals surface area contributed by atoms with Gasteiger partial charge in [0.15, 0.2) is 0 Å². The summed E-state index contributed by atoms with van der Waals surface area (Å²) < 4.78 is 6.21. The van der Waals surface area contributed by atoms with Crippen molar-refractivity contribution in [2.45, 2.75) is 175 Å². The van der Waals surface area contributed by atoms with E-state index in [1.54, 1.807) is 0 Å². The second-order valence-electron chi connectivity index (χ2n) is 12.6. The van der Waals surface area contributed by atoms with Crippen LogP contribution in [0.5, 0.6) is 0 Å². The van der Waals surface area contributed by atoms with Crippen LogP contribution in [0.3, 0.4) is 0 Å². The Morgan fingerprint density at radius 1 is 0.684 bits per heavy atom. The lowest BCUT2D eigenvalue weighted by Gasteiger charge is -2.27. The van der Waals surface area contributed by atoms with Crippen molar-refractivity contribution in [3.05, 3.63) is 0 Å². The van der Waals surface area contributed by atoms with Gasteiger partial charge in [-0.2, -0.15) is 0 Å². The summed E-state index contributed by atoms with van der Waals surface area (Å²) in [6.45, 7) is 7.83. The first-order valence-electron chi connectivity index (χ1n) is 16.9. The minimum absolute atomic E-state index is 0. The molecule has 0 amide bonds. The Balaban J connectivity index is 0.0000137. The number of carbonyl (C=O) groups is 1. The Labute approximate surface area is 245 Å². The molecule has 0 radical (unpaired) electrons. The third kappa shape index (κ3) is 19.7. The number of esters is 1. The van der Waals surface area contributed by atoms with E-state index in [4.69, 9.17) is 4.74 Å². The monoisotopic (exact) mass is 557 g/mol. The quantitative estimate of drug-likeness (QED) is 0.0742. The Hall–Kier alpha value is -0.280. The van der Waals surface area contributed by atoms with Crippen LogP contribution in [-0.2, 0) is 9.53 Å². The van der Waals surface area contributed by atoms with Crippen molar-refractivity contribution in [3.8, 4) is 0 Å². The molecule has 3 nitrogen and oxygen atoms in total. The molecule has 1 fully saturated rings. The summed E-state index contributed by atoms with van der Waals surface area (Å²) in [4.78, 5) is 15.8. The van der Waals surface area contributed by atoms with Gasteiger partial charge in [0.2, 0.25) is 0 Å². The summed E-state index contributed by atoms with van der Waals surface area (Å²) in [5.41, 5.74) is 0. The van der Waals surface area contributed by atoms with Crippen LogP contribution in [0.15, 0.2) is 0 Å². The predicted molar refractivity (Wildman–Crippen MR) is 169 cm³/mol. The predicted octanol–water partition coefficient (Wildman–Crippen LogP) is 10.8. The molecular formula is C34H68ClNO2. The molecule has 0 heterocycles. The smallest absolute Gasteiger partial charge is 0.309 e. The lowest BCUT2D eigenvalue weighted by Crippen LogP contribution is -2.30. The van der Waals surface area contributed by atoms with Gasteiger partial charge in [0, 0.05) is 0 Å². The van der Waals surface area contributed by atoms with Crippen molar-refractivity contribution in [1.82, 2.24) is 4.90 Å². The largest absolute Gasteiger partial charge is 0.462 e. The van der Waals surface area contributed by atoms with E-state index in [1.165, 1.54) is 135 Å². The average Bonchev–Trinajstić information content (AvgIpc) is 3.62. The fourth-order valence-electron chi connectivity index (χ4n) is 5.96. The standard InChI is InChI=1S/C34H67NO2.ClH/c1-6-9-12-15-18-21-24-30(25-22-19-16-13-10-7-2)32(27-28-35(4)5)34(36)37-33-29-31(33)26-23-20-17-14-11-8-3;/h30-33H,6-29H2,1-5H3;1H. The Kier molecular flexibility index (Phi) is 25.5. The van der Waals surface area contributed by atoms with Crippen LogP contribution in [0.4, 0.5) is 0 Å². The van der Waals surface area contributed by atoms with Crippen LogP contribution in [0.1, 0.15) is 168 Å². The fourth-order valence-corrected chi connectivity index (χ4v) is 5.96. The molecule has 1 aliphatic rings. The molecule has 3 unspecified atom stereocenters. The Bertz CT molecular complexity index is 511. The zero-order valence-corrected chi connectivity index (χ0v) is 27.3. The maximum absolute atomic E-state index is 13.5. The van der Waals surface area contributed by atoms with Gasteiger partial charge in [0.05, 0.1) is 5.92 Å². The van der Waals surface area contributed by atoms with Gasteiger partial charge < -0.3 is 9.64 Å². The summed E-state index contributed by atoms with van der Waals surface area (Å²) in [5, 5.41) is 0. The van der Waals surface area contributed by atoms with Gasteiger partial charge in [-0.15, -0.1) is 12.4 Å². The maximum atomic E-state index is 13.5. The van der Waals surface area contributed by atoms with Crippen molar-refractivity contribution in [1.29, 1.82) is 0 Å². The molecule has 1 saturated carbocycles. The molecule has 0 aromatic heterocycles. The van der Waals surface area contributed by atoms with E-state index in [1.807, 2.05) is 0 Å². The first-order chi connectivity index (χ1) is 18.0. The van der Waals surface area contributed by atoms with Crippen LogP contribution >= 0.6 is 12.4 Å². The van der Waals surface area contributed by atoms with Gasteiger partial charge in [-0.3, -0.25) is 4.79 Å². The number of carbonyl (C=O) groups excluding carboxylic acids is 1. The van der Waals surface area contributed by atoms with Crippen LogP contribution in [0.2, 0.25) is 0 Å². The molecule has 1 aliphatic carbocycles. The normalized spacial score (nSPS) is 17.6. The van der Waals surface area contributed by atoms with Crippen LogP contribution in [0, 0.1) is 17.8 Å². The minimum atomic E-state index is 0. The first kappa shape index (κ1) is 37.7. The van der Waals surface area contributed by atoms with Crippen molar-refractivity contribution < 1.29 is 9.53 Å². The number of ether oxygens (including phenoxy) is 1. The van der Waals surface area contributed by atoms with Crippen molar-refractivity contribution in [3.63, 3.8) is 0 Å². The number of rotatable bonds is 27. The van der Waals surface area contributed by atoms with Gasteiger partial charge in [-0.1, -0.05) is 136 Å². The molecule has 228 valence electrons. The highest BCUT2D eigenvalue weighted by Crippen LogP contribution is 2.40. The molecule has 0 aromatic rings. The molecular weight excluding hydrogens is 490 g/mol. The number of hydrogen-bond acceptors (Lipinski definition) is 3. The van der Waals surface area contributed by atoms with Crippen molar-refractivity contribution in [2.75, 3.05) is 20.6 Å². The molecule has 0 N–H and O–H groups in total. The lowest BCUT2D eigenvalue weighted by atomic mass is 9.81. The van der Waals surface area contributed by atoms with Gasteiger partial charge >= 0.3 is 5.97 Å². The van der Waals surface area contributed by atoms with Gasteiger partial charge in [-0.25, -0.2) is 0 Å². The zero-order chi connectivity index (χ0) is 27.1. The van der Waals surface area contributed by atoms with E-state index >= 15 is 0 Å². The summed E-state index contributed by atoms with van der Waals surface area (Å²) >= 11 is 0. The minimum Gasteiger partial charge on any atom is -0.462 e. The molecule has 3 atom stereocenters. The lowest BCUT2D eigenvalue weighted by molar-refractivity contribution is -0.153. The molecule has 0 saturated heterocycles. The van der Waals surface area contributed by atoms with Gasteiger partial charge in [0.25, 0.3) is 0 Å². The molecule has 0 aromatic carbocycles. The number of halogens is 1. The van der Waals surface area contributed by atoms with Gasteiger partial charge in [0.1, 0.15) is 6.10 Å². The Morgan fingerprint density at radius 2 is 1.13 bits per heavy atom. The maximum Gasteiger partial charge on any atom is 0.309 e. The summed E-state index contributed by atoms with van der Waals surface area (Å²) in [5.74, 6) is 1.36. The van der Waals surface area contributed by atoms with Crippen LogP contribution in [-0.4, -0.2) is 37.6 Å². The van der Waals surface area contributed by atoms with E-state index in [2.05, 4.69) is 39.8 Å². The summed E-state index contributed by atoms with van der Waals surface area (Å²) in [6.07, 6.45) is 30.0. The van der Waals surface area contributed by atoms with E-state index in [9.17, 15) is 4.79 Å². The third-order valence-electron chi connectivity index (χ3n) is 8.67. The van der Waals surface area contributed by atoms with E-state index in [-0.39, 0.29) is 30.4 Å². The molecule has 0 aliphatic heterocycles. The van der Waals surface area contributed by atoms with Crippen molar-refractivity contribution >= 4 is 18.4 Å². The van der Waals surface area contributed by atoms with Gasteiger partial charge in [-0.05, 0) is 64.6 Å². The summed E-state index contributed by atoms with van der Waals surface area (Å²) in [6, 6.07) is 0. The second kappa shape index (κ2) is 25.7. The van der Waals surface area contributed by atoms with Crippen molar-refractivity contribution in [2.24, 2.45) is 17.8 Å². The number of nitrogens with zero attached hydrogens (tertiary/aromatic N) is 1.